The second-order valence-corrected chi connectivity index (χ2v) is 5.92. The van der Waals surface area contributed by atoms with Crippen molar-refractivity contribution in [3.05, 3.63) is 22.4 Å². The van der Waals surface area contributed by atoms with Gasteiger partial charge in [0, 0.05) is 4.88 Å². The highest BCUT2D eigenvalue weighted by atomic mass is 32.1. The number of rotatable bonds is 5. The van der Waals surface area contributed by atoms with Gasteiger partial charge >= 0.3 is 11.9 Å². The van der Waals surface area contributed by atoms with Crippen molar-refractivity contribution >= 4 is 23.3 Å². The Morgan fingerprint density at radius 3 is 2.58 bits per heavy atom. The van der Waals surface area contributed by atoms with Gasteiger partial charge in [0.05, 0.1) is 13.7 Å². The molecule has 1 atom stereocenters. The molecule has 0 aliphatic rings. The molecule has 0 amide bonds. The maximum atomic E-state index is 12.1. The van der Waals surface area contributed by atoms with E-state index >= 15 is 0 Å². The maximum absolute atomic E-state index is 12.1. The van der Waals surface area contributed by atoms with Crippen LogP contribution in [0.2, 0.25) is 0 Å². The van der Waals surface area contributed by atoms with Gasteiger partial charge in [-0.15, -0.1) is 11.3 Å². The van der Waals surface area contributed by atoms with Crippen LogP contribution in [0.15, 0.2) is 17.5 Å². The molecular weight excluding hydrogens is 266 g/mol. The fourth-order valence-electron chi connectivity index (χ4n) is 1.37. The predicted octanol–water partition coefficient (Wildman–Crippen LogP) is 1.89. The SMILES string of the molecule is COC(=O)CNC(C(=O)OC(C)(C)C)c1cccs1. The van der Waals surface area contributed by atoms with Crippen molar-refractivity contribution in [3.8, 4) is 0 Å². The summed E-state index contributed by atoms with van der Waals surface area (Å²) in [6.45, 7) is 5.36. The summed E-state index contributed by atoms with van der Waals surface area (Å²) in [6.07, 6.45) is 0. The van der Waals surface area contributed by atoms with E-state index in [4.69, 9.17) is 4.74 Å². The van der Waals surface area contributed by atoms with E-state index in [0.717, 1.165) is 4.88 Å². The fourth-order valence-corrected chi connectivity index (χ4v) is 2.16. The Bertz CT molecular complexity index is 422. The molecule has 106 valence electrons. The van der Waals surface area contributed by atoms with Crippen LogP contribution < -0.4 is 5.32 Å². The minimum Gasteiger partial charge on any atom is -0.468 e. The zero-order valence-electron chi connectivity index (χ0n) is 11.6. The number of thiophene rings is 1. The van der Waals surface area contributed by atoms with E-state index in [0.29, 0.717) is 0 Å². The minimum atomic E-state index is -0.654. The second-order valence-electron chi connectivity index (χ2n) is 4.94. The number of ether oxygens (including phenoxy) is 2. The Labute approximate surface area is 116 Å². The lowest BCUT2D eigenvalue weighted by Crippen LogP contribution is -2.37. The average Bonchev–Trinajstić information content (AvgIpc) is 2.80. The number of methoxy groups -OCH3 is 1. The lowest BCUT2D eigenvalue weighted by atomic mass is 10.1. The van der Waals surface area contributed by atoms with Gasteiger partial charge in [-0.1, -0.05) is 6.07 Å². The van der Waals surface area contributed by atoms with Gasteiger partial charge in [-0.3, -0.25) is 10.1 Å². The van der Waals surface area contributed by atoms with Crippen LogP contribution >= 0.6 is 11.3 Å². The number of carbonyl (C=O) groups is 2. The lowest BCUT2D eigenvalue weighted by molar-refractivity contribution is -0.157. The van der Waals surface area contributed by atoms with Gasteiger partial charge in [0.15, 0.2) is 0 Å². The molecule has 19 heavy (non-hydrogen) atoms. The summed E-state index contributed by atoms with van der Waals surface area (Å²) >= 11 is 1.43. The first-order chi connectivity index (χ1) is 8.83. The maximum Gasteiger partial charge on any atom is 0.329 e. The van der Waals surface area contributed by atoms with E-state index < -0.39 is 23.6 Å². The molecule has 1 N–H and O–H groups in total. The first-order valence-electron chi connectivity index (χ1n) is 5.90. The molecule has 0 radical (unpaired) electrons. The summed E-state index contributed by atoms with van der Waals surface area (Å²) in [5.41, 5.74) is -0.570. The zero-order valence-corrected chi connectivity index (χ0v) is 12.4. The smallest absolute Gasteiger partial charge is 0.329 e. The molecule has 0 aliphatic carbocycles. The highest BCUT2D eigenvalue weighted by Crippen LogP contribution is 2.22. The number of esters is 2. The van der Waals surface area contributed by atoms with E-state index in [1.807, 2.05) is 17.5 Å². The van der Waals surface area contributed by atoms with Crippen molar-refractivity contribution in [3.63, 3.8) is 0 Å². The van der Waals surface area contributed by atoms with Gasteiger partial charge in [-0.2, -0.15) is 0 Å². The van der Waals surface area contributed by atoms with E-state index in [9.17, 15) is 9.59 Å². The monoisotopic (exact) mass is 285 g/mol. The highest BCUT2D eigenvalue weighted by molar-refractivity contribution is 7.10. The van der Waals surface area contributed by atoms with Gasteiger partial charge in [-0.25, -0.2) is 4.79 Å². The third-order valence-electron chi connectivity index (χ3n) is 2.15. The normalized spacial score (nSPS) is 12.8. The number of carbonyl (C=O) groups excluding carboxylic acids is 2. The summed E-state index contributed by atoms with van der Waals surface area (Å²) in [4.78, 5) is 24.1. The molecule has 1 aromatic heterocycles. The molecule has 1 heterocycles. The van der Waals surface area contributed by atoms with Gasteiger partial charge in [0.25, 0.3) is 0 Å². The van der Waals surface area contributed by atoms with Crippen LogP contribution in [0, 0.1) is 0 Å². The lowest BCUT2D eigenvalue weighted by Gasteiger charge is -2.23. The Balaban J connectivity index is 2.76. The van der Waals surface area contributed by atoms with Crippen molar-refractivity contribution in [2.24, 2.45) is 0 Å². The van der Waals surface area contributed by atoms with Crippen LogP contribution in [-0.4, -0.2) is 31.2 Å². The van der Waals surface area contributed by atoms with Crippen molar-refractivity contribution in [2.75, 3.05) is 13.7 Å². The molecule has 0 spiro atoms. The van der Waals surface area contributed by atoms with Crippen LogP contribution in [-0.2, 0) is 19.1 Å². The topological polar surface area (TPSA) is 64.6 Å². The van der Waals surface area contributed by atoms with Gasteiger partial charge in [-0.05, 0) is 32.2 Å². The Morgan fingerprint density at radius 2 is 2.11 bits per heavy atom. The molecule has 1 unspecified atom stereocenters. The summed E-state index contributed by atoms with van der Waals surface area (Å²) in [7, 11) is 1.30. The average molecular weight is 285 g/mol. The molecule has 0 aliphatic heterocycles. The van der Waals surface area contributed by atoms with Crippen molar-refractivity contribution in [1.29, 1.82) is 0 Å². The molecule has 1 aromatic rings. The molecule has 5 nitrogen and oxygen atoms in total. The Morgan fingerprint density at radius 1 is 1.42 bits per heavy atom. The molecule has 6 heteroatoms. The Kier molecular flexibility index (Phi) is 5.50. The Hall–Kier alpha value is -1.40. The molecule has 0 bridgehead atoms. The van der Waals surface area contributed by atoms with Crippen molar-refractivity contribution in [1.82, 2.24) is 5.32 Å². The standard InChI is InChI=1S/C13H19NO4S/c1-13(2,3)18-12(16)11(9-6-5-7-19-9)14-8-10(15)17-4/h5-7,11,14H,8H2,1-4H3. The largest absolute Gasteiger partial charge is 0.468 e. The third-order valence-corrected chi connectivity index (χ3v) is 3.09. The van der Waals surface area contributed by atoms with Crippen LogP contribution in [0.1, 0.15) is 31.7 Å². The quantitative estimate of drug-likeness (QED) is 0.837. The van der Waals surface area contributed by atoms with Crippen LogP contribution in [0.25, 0.3) is 0 Å². The van der Waals surface area contributed by atoms with Crippen LogP contribution in [0.5, 0.6) is 0 Å². The summed E-state index contributed by atoms with van der Waals surface area (Å²) in [6, 6.07) is 3.01. The molecular formula is C13H19NO4S. The first-order valence-corrected chi connectivity index (χ1v) is 6.78. The van der Waals surface area contributed by atoms with E-state index in [1.165, 1.54) is 18.4 Å². The summed E-state index contributed by atoms with van der Waals surface area (Å²) < 4.78 is 9.89. The number of hydrogen-bond acceptors (Lipinski definition) is 6. The summed E-state index contributed by atoms with van der Waals surface area (Å²) in [5.74, 6) is -0.830. The first kappa shape index (κ1) is 15.7. The number of hydrogen-bond donors (Lipinski definition) is 1. The van der Waals surface area contributed by atoms with E-state index in [-0.39, 0.29) is 6.54 Å². The highest BCUT2D eigenvalue weighted by Gasteiger charge is 2.27. The van der Waals surface area contributed by atoms with Gasteiger partial charge < -0.3 is 9.47 Å². The van der Waals surface area contributed by atoms with Crippen molar-refractivity contribution in [2.45, 2.75) is 32.4 Å². The molecule has 0 saturated heterocycles. The molecule has 0 aromatic carbocycles. The van der Waals surface area contributed by atoms with Crippen LogP contribution in [0.3, 0.4) is 0 Å². The molecule has 1 rings (SSSR count). The minimum absolute atomic E-state index is 0.0433. The molecule has 0 saturated carbocycles. The van der Waals surface area contributed by atoms with Crippen LogP contribution in [0.4, 0.5) is 0 Å². The fraction of sp³-hybridized carbons (Fsp3) is 0.538. The second kappa shape index (κ2) is 6.68. The predicted molar refractivity (Wildman–Crippen MR) is 72.9 cm³/mol. The van der Waals surface area contributed by atoms with E-state index in [1.54, 1.807) is 20.8 Å². The third kappa shape index (κ3) is 5.40. The zero-order chi connectivity index (χ0) is 14.5. The van der Waals surface area contributed by atoms with Crippen molar-refractivity contribution < 1.29 is 19.1 Å². The summed E-state index contributed by atoms with van der Waals surface area (Å²) in [5, 5.41) is 4.72. The van der Waals surface area contributed by atoms with Gasteiger partial charge in [0.1, 0.15) is 11.6 Å². The van der Waals surface area contributed by atoms with E-state index in [2.05, 4.69) is 10.1 Å². The van der Waals surface area contributed by atoms with Gasteiger partial charge in [0.2, 0.25) is 0 Å². The molecule has 0 fully saturated rings. The number of nitrogens with one attached hydrogen (secondary N) is 1.